The summed E-state index contributed by atoms with van der Waals surface area (Å²) >= 11 is 13.4. The van der Waals surface area contributed by atoms with Crippen LogP contribution in [0.2, 0.25) is 10.0 Å². The molecule has 1 N–H and O–H groups in total. The van der Waals surface area contributed by atoms with Crippen molar-refractivity contribution in [1.82, 2.24) is 0 Å². The fraction of sp³-hybridized carbons (Fsp3) is 0.136. The quantitative estimate of drug-likeness (QED) is 0.374. The number of nitrogens with zero attached hydrogens (tertiary/aromatic N) is 1. The van der Waals surface area contributed by atoms with Crippen LogP contribution >= 0.6 is 34.5 Å². The summed E-state index contributed by atoms with van der Waals surface area (Å²) < 4.78 is 15.1. The molecule has 8 heteroatoms. The Labute approximate surface area is 192 Å². The zero-order valence-corrected chi connectivity index (χ0v) is 19.4. The Hall–Kier alpha value is -2.12. The highest BCUT2D eigenvalue weighted by atomic mass is 35.5. The molecule has 156 valence electrons. The highest BCUT2D eigenvalue weighted by Crippen LogP contribution is 2.39. The maximum atomic E-state index is 13.5. The largest absolute Gasteiger partial charge is 0.477 e. The van der Waals surface area contributed by atoms with Crippen molar-refractivity contribution in [2.75, 3.05) is 10.8 Å². The van der Waals surface area contributed by atoms with Crippen LogP contribution in [-0.2, 0) is 11.0 Å². The summed E-state index contributed by atoms with van der Waals surface area (Å²) in [6.07, 6.45) is 1.90. The number of carbonyl (C=O) groups is 1. The lowest BCUT2D eigenvalue weighted by atomic mass is 10.2. The van der Waals surface area contributed by atoms with Crippen LogP contribution in [0.3, 0.4) is 0 Å². The molecule has 1 unspecified atom stereocenters. The molecule has 0 aliphatic rings. The number of hydrogen-bond donors (Lipinski definition) is 1. The van der Waals surface area contributed by atoms with Crippen LogP contribution in [-0.4, -0.2) is 21.8 Å². The number of halogens is 2. The van der Waals surface area contributed by atoms with E-state index >= 15 is 0 Å². The molecule has 0 aliphatic carbocycles. The van der Waals surface area contributed by atoms with Crippen molar-refractivity contribution < 1.29 is 14.1 Å². The number of allylic oxidation sites excluding steroid dienone is 1. The lowest BCUT2D eigenvalue weighted by molar-refractivity contribution is 0.0703. The first-order valence-corrected chi connectivity index (χ1v) is 11.7. The molecule has 0 bridgehead atoms. The second kappa shape index (κ2) is 9.79. The van der Waals surface area contributed by atoms with E-state index < -0.39 is 17.0 Å². The van der Waals surface area contributed by atoms with Gasteiger partial charge in [-0.3, -0.25) is 4.31 Å². The van der Waals surface area contributed by atoms with Crippen LogP contribution in [0.1, 0.15) is 23.5 Å². The molecular formula is C22H19Cl2NO3S2. The zero-order valence-electron chi connectivity index (χ0n) is 16.3. The van der Waals surface area contributed by atoms with E-state index in [-0.39, 0.29) is 16.4 Å². The average Bonchev–Trinajstić information content (AvgIpc) is 3.14. The molecule has 3 rings (SSSR count). The Morgan fingerprint density at radius 2 is 1.83 bits per heavy atom. The van der Waals surface area contributed by atoms with Gasteiger partial charge in [0.25, 0.3) is 0 Å². The Kier molecular flexibility index (Phi) is 7.36. The van der Waals surface area contributed by atoms with Crippen molar-refractivity contribution in [3.05, 3.63) is 81.2 Å². The number of carboxylic acid groups (broad SMARTS) is 1. The highest BCUT2D eigenvalue weighted by Gasteiger charge is 2.26. The monoisotopic (exact) mass is 479 g/mol. The Morgan fingerprint density at radius 1 is 1.13 bits per heavy atom. The average molecular weight is 480 g/mol. The molecule has 0 saturated heterocycles. The van der Waals surface area contributed by atoms with Gasteiger partial charge in [-0.2, -0.15) is 0 Å². The summed E-state index contributed by atoms with van der Waals surface area (Å²) in [6.45, 7) is 4.12. The van der Waals surface area contributed by atoms with Gasteiger partial charge >= 0.3 is 5.97 Å². The van der Waals surface area contributed by atoms with E-state index in [2.05, 4.69) is 0 Å². The summed E-state index contributed by atoms with van der Waals surface area (Å²) in [5, 5.41) is 10.5. The van der Waals surface area contributed by atoms with Crippen LogP contribution in [0, 0.1) is 0 Å². The van der Waals surface area contributed by atoms with Crippen LogP contribution < -0.4 is 4.31 Å². The molecule has 0 fully saturated rings. The molecule has 4 nitrogen and oxygen atoms in total. The molecule has 1 aromatic heterocycles. The number of anilines is 1. The second-order valence-electron chi connectivity index (χ2n) is 6.66. The molecule has 30 heavy (non-hydrogen) atoms. The van der Waals surface area contributed by atoms with E-state index in [4.69, 9.17) is 23.2 Å². The minimum absolute atomic E-state index is 0.120. The Bertz CT molecular complexity index is 1120. The number of rotatable bonds is 7. The molecule has 0 aliphatic heterocycles. The predicted octanol–water partition coefficient (Wildman–Crippen LogP) is 6.92. The topological polar surface area (TPSA) is 57.6 Å². The maximum Gasteiger partial charge on any atom is 0.348 e. The number of hydrogen-bond acceptors (Lipinski definition) is 3. The molecule has 0 amide bonds. The molecule has 1 atom stereocenters. The van der Waals surface area contributed by atoms with E-state index in [1.807, 2.05) is 50.3 Å². The zero-order chi connectivity index (χ0) is 21.8. The minimum atomic E-state index is -1.74. The fourth-order valence-corrected chi connectivity index (χ4v) is 5.57. The standard InChI is InChI=1S/C22H19Cl2NO3S2/c1-14(2)10-11-25(30(28)20-9-8-16(23)12-17(20)24)18-13-19(29-21(18)22(26)27)15-6-4-3-5-7-15/h3-10,12-13H,11H2,1-2H3,(H,26,27). The van der Waals surface area contributed by atoms with Crippen LogP contribution in [0.15, 0.2) is 71.1 Å². The third-order valence-electron chi connectivity index (χ3n) is 4.18. The third kappa shape index (κ3) is 5.13. The smallest absolute Gasteiger partial charge is 0.348 e. The number of thiophene rings is 1. The van der Waals surface area contributed by atoms with Gasteiger partial charge in [-0.05, 0) is 43.7 Å². The van der Waals surface area contributed by atoms with Gasteiger partial charge in [-0.15, -0.1) is 11.3 Å². The maximum absolute atomic E-state index is 13.5. The Morgan fingerprint density at radius 3 is 2.43 bits per heavy atom. The van der Waals surface area contributed by atoms with Gasteiger partial charge in [-0.1, -0.05) is 65.2 Å². The lowest BCUT2D eigenvalue weighted by Gasteiger charge is -2.22. The van der Waals surface area contributed by atoms with E-state index in [9.17, 15) is 14.1 Å². The van der Waals surface area contributed by atoms with Crippen LogP contribution in [0.5, 0.6) is 0 Å². The molecule has 0 radical (unpaired) electrons. The number of carboxylic acids is 1. The third-order valence-corrected chi connectivity index (χ3v) is 7.48. The highest BCUT2D eigenvalue weighted by molar-refractivity contribution is 7.86. The first-order valence-electron chi connectivity index (χ1n) is 8.98. The first kappa shape index (κ1) is 22.6. The van der Waals surface area contributed by atoms with Gasteiger partial charge < -0.3 is 5.11 Å². The minimum Gasteiger partial charge on any atom is -0.477 e. The predicted molar refractivity (Wildman–Crippen MR) is 126 cm³/mol. The summed E-state index contributed by atoms with van der Waals surface area (Å²) in [5.41, 5.74) is 2.30. The summed E-state index contributed by atoms with van der Waals surface area (Å²) in [7, 11) is -1.74. The van der Waals surface area contributed by atoms with E-state index in [1.54, 1.807) is 22.5 Å². The van der Waals surface area contributed by atoms with Crippen LogP contribution in [0.4, 0.5) is 5.69 Å². The van der Waals surface area contributed by atoms with Gasteiger partial charge in [0.15, 0.2) is 11.0 Å². The normalized spacial score (nSPS) is 11.7. The summed E-state index contributed by atoms with van der Waals surface area (Å²) in [6, 6.07) is 16.0. The SMILES string of the molecule is CC(C)=CCN(c1cc(-c2ccccc2)sc1C(=O)O)S(=O)c1ccc(Cl)cc1Cl. The van der Waals surface area contributed by atoms with Gasteiger partial charge in [0.05, 0.1) is 22.2 Å². The molecule has 1 heterocycles. The van der Waals surface area contributed by atoms with Crippen molar-refractivity contribution in [2.45, 2.75) is 18.7 Å². The van der Waals surface area contributed by atoms with Crippen molar-refractivity contribution >= 4 is 57.2 Å². The molecule has 2 aromatic carbocycles. The van der Waals surface area contributed by atoms with Crippen molar-refractivity contribution in [1.29, 1.82) is 0 Å². The summed E-state index contributed by atoms with van der Waals surface area (Å²) in [5.74, 6) is -1.07. The van der Waals surface area contributed by atoms with Gasteiger partial charge in [0.1, 0.15) is 4.88 Å². The lowest BCUT2D eigenvalue weighted by Crippen LogP contribution is -2.27. The van der Waals surface area contributed by atoms with Gasteiger partial charge in [-0.25, -0.2) is 9.00 Å². The van der Waals surface area contributed by atoms with E-state index in [1.165, 1.54) is 6.07 Å². The van der Waals surface area contributed by atoms with Gasteiger partial charge in [0.2, 0.25) is 0 Å². The molecule has 0 spiro atoms. The number of aromatic carboxylic acids is 1. The Balaban J connectivity index is 2.14. The molecular weight excluding hydrogens is 461 g/mol. The molecule has 0 saturated carbocycles. The van der Waals surface area contributed by atoms with Crippen molar-refractivity contribution in [3.63, 3.8) is 0 Å². The number of benzene rings is 2. The molecule has 3 aromatic rings. The van der Waals surface area contributed by atoms with E-state index in [0.29, 0.717) is 15.6 Å². The van der Waals surface area contributed by atoms with Crippen LogP contribution in [0.25, 0.3) is 10.4 Å². The second-order valence-corrected chi connectivity index (χ2v) is 9.94. The van der Waals surface area contributed by atoms with Crippen molar-refractivity contribution in [3.8, 4) is 10.4 Å². The first-order chi connectivity index (χ1) is 14.3. The van der Waals surface area contributed by atoms with Gasteiger partial charge in [0, 0.05) is 9.90 Å². The van der Waals surface area contributed by atoms with E-state index in [0.717, 1.165) is 27.4 Å². The van der Waals surface area contributed by atoms with Crippen molar-refractivity contribution in [2.24, 2.45) is 0 Å². The summed E-state index contributed by atoms with van der Waals surface area (Å²) in [4.78, 5) is 13.3. The fourth-order valence-electron chi connectivity index (χ4n) is 2.72.